The van der Waals surface area contributed by atoms with Gasteiger partial charge in [-0.1, -0.05) is 0 Å². The number of nitrogens with zero attached hydrogens (tertiary/aromatic N) is 4. The molecule has 1 N–H and O–H groups in total. The van der Waals surface area contributed by atoms with Crippen LogP contribution in [0.25, 0.3) is 22.2 Å². The number of H-pyrrole nitrogens is 1. The smallest absolute Gasteiger partial charge is 0.141 e. The number of aryl methyl sites for hydroxylation is 2. The van der Waals surface area contributed by atoms with Crippen LogP contribution < -0.4 is 0 Å². The van der Waals surface area contributed by atoms with E-state index in [1.807, 2.05) is 32.6 Å². The average Bonchev–Trinajstić information content (AvgIpc) is 2.84. The molecule has 0 amide bonds. The Morgan fingerprint density at radius 2 is 2.19 bits per heavy atom. The number of rotatable bonds is 1. The molecular formula is C11H11N5. The van der Waals surface area contributed by atoms with Gasteiger partial charge in [0.1, 0.15) is 12.0 Å². The van der Waals surface area contributed by atoms with Crippen molar-refractivity contribution in [2.75, 3.05) is 0 Å². The van der Waals surface area contributed by atoms with Crippen molar-refractivity contribution in [2.45, 2.75) is 6.92 Å². The van der Waals surface area contributed by atoms with Crippen molar-refractivity contribution in [1.29, 1.82) is 0 Å². The van der Waals surface area contributed by atoms with E-state index in [9.17, 15) is 0 Å². The third-order valence-corrected chi connectivity index (χ3v) is 2.68. The van der Waals surface area contributed by atoms with Crippen LogP contribution in [0.3, 0.4) is 0 Å². The molecule has 0 saturated heterocycles. The maximum atomic E-state index is 4.21. The molecular weight excluding hydrogens is 202 g/mol. The molecule has 16 heavy (non-hydrogen) atoms. The first-order valence-electron chi connectivity index (χ1n) is 5.03. The average molecular weight is 213 g/mol. The van der Waals surface area contributed by atoms with Gasteiger partial charge in [0.25, 0.3) is 0 Å². The summed E-state index contributed by atoms with van der Waals surface area (Å²) in [5.74, 6) is 0. The number of hydrogen-bond acceptors (Lipinski definition) is 3. The topological polar surface area (TPSA) is 59.4 Å². The van der Waals surface area contributed by atoms with Crippen molar-refractivity contribution in [3.63, 3.8) is 0 Å². The predicted octanol–water partition coefficient (Wildman–Crippen LogP) is 1.67. The van der Waals surface area contributed by atoms with E-state index in [0.29, 0.717) is 0 Å². The van der Waals surface area contributed by atoms with Crippen LogP contribution in [0.5, 0.6) is 0 Å². The number of hydrogen-bond donors (Lipinski definition) is 1. The van der Waals surface area contributed by atoms with Crippen LogP contribution in [0, 0.1) is 6.92 Å². The summed E-state index contributed by atoms with van der Waals surface area (Å²) in [5, 5.41) is 5.24. The SMILES string of the molecule is Cc1ncnc2[nH]cc(-c3cnn(C)c3)c12. The molecule has 0 unspecified atom stereocenters. The van der Waals surface area contributed by atoms with Crippen molar-refractivity contribution in [2.24, 2.45) is 7.05 Å². The Kier molecular flexibility index (Phi) is 1.80. The molecule has 0 spiro atoms. The summed E-state index contributed by atoms with van der Waals surface area (Å²) in [4.78, 5) is 11.6. The summed E-state index contributed by atoms with van der Waals surface area (Å²) in [6, 6.07) is 0. The molecule has 80 valence electrons. The number of aromatic nitrogens is 5. The Hall–Kier alpha value is -2.17. The van der Waals surface area contributed by atoms with E-state index in [4.69, 9.17) is 0 Å². The monoisotopic (exact) mass is 213 g/mol. The van der Waals surface area contributed by atoms with Crippen LogP contribution in [-0.2, 0) is 7.05 Å². The first-order chi connectivity index (χ1) is 7.75. The first kappa shape index (κ1) is 9.08. The highest BCUT2D eigenvalue weighted by molar-refractivity contribution is 5.94. The van der Waals surface area contributed by atoms with Gasteiger partial charge in [0.05, 0.1) is 11.9 Å². The summed E-state index contributed by atoms with van der Waals surface area (Å²) in [6.07, 6.45) is 7.34. The zero-order valence-electron chi connectivity index (χ0n) is 9.10. The molecule has 3 rings (SSSR count). The third kappa shape index (κ3) is 1.21. The molecule has 0 radical (unpaired) electrons. The summed E-state index contributed by atoms with van der Waals surface area (Å²) in [6.45, 7) is 1.98. The Balaban J connectivity index is 2.32. The lowest BCUT2D eigenvalue weighted by Crippen LogP contribution is -1.86. The van der Waals surface area contributed by atoms with E-state index in [2.05, 4.69) is 20.1 Å². The second-order valence-corrected chi connectivity index (χ2v) is 3.79. The van der Waals surface area contributed by atoms with Crippen LogP contribution in [0.4, 0.5) is 0 Å². The fourth-order valence-corrected chi connectivity index (χ4v) is 1.91. The molecule has 0 saturated carbocycles. The molecule has 5 nitrogen and oxygen atoms in total. The van der Waals surface area contributed by atoms with E-state index in [0.717, 1.165) is 27.9 Å². The van der Waals surface area contributed by atoms with E-state index < -0.39 is 0 Å². The van der Waals surface area contributed by atoms with E-state index in [-0.39, 0.29) is 0 Å². The number of nitrogens with one attached hydrogen (secondary N) is 1. The summed E-state index contributed by atoms with van der Waals surface area (Å²) >= 11 is 0. The van der Waals surface area contributed by atoms with Crippen molar-refractivity contribution >= 4 is 11.0 Å². The minimum atomic E-state index is 0.867. The van der Waals surface area contributed by atoms with Gasteiger partial charge in [-0.15, -0.1) is 0 Å². The van der Waals surface area contributed by atoms with Crippen molar-refractivity contribution in [3.05, 3.63) is 30.6 Å². The maximum Gasteiger partial charge on any atom is 0.141 e. The highest BCUT2D eigenvalue weighted by atomic mass is 15.2. The minimum Gasteiger partial charge on any atom is -0.345 e. The lowest BCUT2D eigenvalue weighted by atomic mass is 10.1. The molecule has 0 fully saturated rings. The second kappa shape index (κ2) is 3.16. The van der Waals surface area contributed by atoms with Gasteiger partial charge in [-0.2, -0.15) is 5.10 Å². The van der Waals surface area contributed by atoms with Gasteiger partial charge in [0.15, 0.2) is 0 Å². The number of aromatic amines is 1. The molecule has 3 aromatic heterocycles. The second-order valence-electron chi connectivity index (χ2n) is 3.79. The fourth-order valence-electron chi connectivity index (χ4n) is 1.91. The van der Waals surface area contributed by atoms with Crippen LogP contribution >= 0.6 is 0 Å². The van der Waals surface area contributed by atoms with E-state index >= 15 is 0 Å². The molecule has 0 atom stereocenters. The third-order valence-electron chi connectivity index (χ3n) is 2.68. The standard InChI is InChI=1S/C11H11N5/c1-7-10-9(8-3-15-16(2)5-8)4-12-11(10)14-6-13-7/h3-6H,1-2H3,(H,12,13,14). The lowest BCUT2D eigenvalue weighted by molar-refractivity contribution is 0.768. The summed E-state index contributed by atoms with van der Waals surface area (Å²) in [5.41, 5.74) is 4.02. The highest BCUT2D eigenvalue weighted by Crippen LogP contribution is 2.28. The maximum absolute atomic E-state index is 4.21. The van der Waals surface area contributed by atoms with Gasteiger partial charge in [0, 0.05) is 36.0 Å². The molecule has 3 aromatic rings. The van der Waals surface area contributed by atoms with Crippen molar-refractivity contribution in [3.8, 4) is 11.1 Å². The van der Waals surface area contributed by atoms with Crippen molar-refractivity contribution < 1.29 is 0 Å². The molecule has 0 aliphatic heterocycles. The predicted molar refractivity (Wildman–Crippen MR) is 60.8 cm³/mol. The quantitative estimate of drug-likeness (QED) is 0.668. The van der Waals surface area contributed by atoms with Gasteiger partial charge < -0.3 is 4.98 Å². The molecule has 0 aromatic carbocycles. The zero-order chi connectivity index (χ0) is 11.1. The summed E-state index contributed by atoms with van der Waals surface area (Å²) in [7, 11) is 1.90. The molecule has 0 aliphatic rings. The Bertz CT molecular complexity index is 649. The lowest BCUT2D eigenvalue weighted by Gasteiger charge is -1.97. The number of fused-ring (bicyclic) bond motifs is 1. The van der Waals surface area contributed by atoms with Gasteiger partial charge in [-0.25, -0.2) is 9.97 Å². The van der Waals surface area contributed by atoms with Crippen LogP contribution in [0.1, 0.15) is 5.69 Å². The van der Waals surface area contributed by atoms with Gasteiger partial charge in [0.2, 0.25) is 0 Å². The van der Waals surface area contributed by atoms with Crippen LogP contribution in [0.2, 0.25) is 0 Å². The summed E-state index contributed by atoms with van der Waals surface area (Å²) < 4.78 is 1.79. The van der Waals surface area contributed by atoms with Gasteiger partial charge >= 0.3 is 0 Å². The zero-order valence-corrected chi connectivity index (χ0v) is 9.10. The highest BCUT2D eigenvalue weighted by Gasteiger charge is 2.10. The fraction of sp³-hybridized carbons (Fsp3) is 0.182. The molecule has 0 bridgehead atoms. The van der Waals surface area contributed by atoms with Gasteiger partial charge in [-0.3, -0.25) is 4.68 Å². The normalized spacial score (nSPS) is 11.1. The Labute approximate surface area is 92.2 Å². The van der Waals surface area contributed by atoms with Gasteiger partial charge in [-0.05, 0) is 6.92 Å². The Morgan fingerprint density at radius 1 is 1.31 bits per heavy atom. The van der Waals surface area contributed by atoms with Crippen LogP contribution in [-0.4, -0.2) is 24.7 Å². The van der Waals surface area contributed by atoms with Crippen molar-refractivity contribution in [1.82, 2.24) is 24.7 Å². The molecule has 0 aliphatic carbocycles. The molecule has 3 heterocycles. The minimum absolute atomic E-state index is 0.867. The van der Waals surface area contributed by atoms with Crippen LogP contribution in [0.15, 0.2) is 24.9 Å². The molecule has 5 heteroatoms. The largest absolute Gasteiger partial charge is 0.345 e. The first-order valence-corrected chi connectivity index (χ1v) is 5.03. The Morgan fingerprint density at radius 3 is 2.94 bits per heavy atom. The van der Waals surface area contributed by atoms with E-state index in [1.54, 1.807) is 11.0 Å². The van der Waals surface area contributed by atoms with E-state index in [1.165, 1.54) is 0 Å².